The number of carbonyl (C=O) groups is 1. The Morgan fingerprint density at radius 1 is 0.919 bits per heavy atom. The lowest BCUT2D eigenvalue weighted by atomic mass is 10.0. The SMILES string of the molecule is COc1cc(/C=C2\N=C(c3ccc(-c4ccccc4)cc3)OC2=O)cc(Br)c1OCc1ccc(I)cc1. The van der Waals surface area contributed by atoms with Crippen LogP contribution in [0.4, 0.5) is 0 Å². The summed E-state index contributed by atoms with van der Waals surface area (Å²) in [6.45, 7) is 0.398. The molecule has 4 aromatic rings. The molecule has 5 rings (SSSR count). The molecule has 4 aromatic carbocycles. The van der Waals surface area contributed by atoms with E-state index in [1.165, 1.54) is 0 Å². The van der Waals surface area contributed by atoms with Crippen molar-refractivity contribution in [3.63, 3.8) is 0 Å². The first-order valence-electron chi connectivity index (χ1n) is 11.4. The zero-order valence-corrected chi connectivity index (χ0v) is 23.5. The highest BCUT2D eigenvalue weighted by atomic mass is 127. The number of cyclic esters (lactones) is 1. The summed E-state index contributed by atoms with van der Waals surface area (Å²) in [5, 5.41) is 0. The molecule has 37 heavy (non-hydrogen) atoms. The van der Waals surface area contributed by atoms with Crippen molar-refractivity contribution in [2.75, 3.05) is 7.11 Å². The van der Waals surface area contributed by atoms with Crippen molar-refractivity contribution in [2.24, 2.45) is 4.99 Å². The van der Waals surface area contributed by atoms with Crippen LogP contribution in [0.2, 0.25) is 0 Å². The second-order valence-electron chi connectivity index (χ2n) is 8.23. The van der Waals surface area contributed by atoms with Crippen molar-refractivity contribution >= 4 is 56.5 Å². The molecule has 184 valence electrons. The molecule has 0 saturated carbocycles. The smallest absolute Gasteiger partial charge is 0.363 e. The maximum absolute atomic E-state index is 12.6. The van der Waals surface area contributed by atoms with E-state index in [1.807, 2.05) is 84.9 Å². The number of carbonyl (C=O) groups excluding carboxylic acids is 1. The number of benzene rings is 4. The van der Waals surface area contributed by atoms with Crippen molar-refractivity contribution in [1.82, 2.24) is 0 Å². The molecule has 5 nitrogen and oxygen atoms in total. The predicted molar refractivity (Wildman–Crippen MR) is 157 cm³/mol. The first-order valence-corrected chi connectivity index (χ1v) is 13.3. The van der Waals surface area contributed by atoms with Crippen molar-refractivity contribution in [3.05, 3.63) is 121 Å². The number of hydrogen-bond acceptors (Lipinski definition) is 5. The lowest BCUT2D eigenvalue weighted by Crippen LogP contribution is -2.05. The summed E-state index contributed by atoms with van der Waals surface area (Å²) in [5.41, 5.74) is 4.91. The summed E-state index contributed by atoms with van der Waals surface area (Å²) < 4.78 is 18.9. The highest BCUT2D eigenvalue weighted by molar-refractivity contribution is 14.1. The van der Waals surface area contributed by atoms with Gasteiger partial charge in [-0.1, -0.05) is 54.6 Å². The Morgan fingerprint density at radius 2 is 1.59 bits per heavy atom. The number of halogens is 2. The molecule has 0 unspecified atom stereocenters. The van der Waals surface area contributed by atoms with Gasteiger partial charge in [-0.2, -0.15) is 0 Å². The Balaban J connectivity index is 1.36. The standard InChI is InChI=1S/C30H21BrINO4/c1-35-27-17-20(15-25(31)28(27)36-18-19-7-13-24(32)14-8-19)16-26-30(34)37-29(33-26)23-11-9-22(10-12-23)21-5-3-2-4-6-21/h2-17H,18H2,1H3/b26-16-. The minimum absolute atomic E-state index is 0.212. The first-order chi connectivity index (χ1) is 18.0. The molecule has 0 radical (unpaired) electrons. The predicted octanol–water partition coefficient (Wildman–Crippen LogP) is 7.65. The summed E-state index contributed by atoms with van der Waals surface area (Å²) in [7, 11) is 1.58. The van der Waals surface area contributed by atoms with E-state index >= 15 is 0 Å². The third kappa shape index (κ3) is 5.94. The van der Waals surface area contributed by atoms with Gasteiger partial charge in [0.25, 0.3) is 0 Å². The Hall–Kier alpha value is -3.43. The van der Waals surface area contributed by atoms with E-state index in [1.54, 1.807) is 19.3 Å². The minimum Gasteiger partial charge on any atom is -0.493 e. The van der Waals surface area contributed by atoms with Gasteiger partial charge in [0.1, 0.15) is 6.61 Å². The molecule has 0 spiro atoms. The van der Waals surface area contributed by atoms with Gasteiger partial charge in [-0.15, -0.1) is 0 Å². The minimum atomic E-state index is -0.503. The fourth-order valence-electron chi connectivity index (χ4n) is 3.83. The molecule has 0 saturated heterocycles. The van der Waals surface area contributed by atoms with Crippen molar-refractivity contribution in [2.45, 2.75) is 6.61 Å². The van der Waals surface area contributed by atoms with E-state index < -0.39 is 5.97 Å². The maximum atomic E-state index is 12.6. The third-order valence-corrected chi connectivity index (χ3v) is 7.02. The Bertz CT molecular complexity index is 1500. The molecule has 0 aromatic heterocycles. The van der Waals surface area contributed by atoms with E-state index in [4.69, 9.17) is 14.2 Å². The van der Waals surface area contributed by atoms with Crippen LogP contribution in [0.25, 0.3) is 17.2 Å². The van der Waals surface area contributed by atoms with Crippen LogP contribution in [-0.4, -0.2) is 19.0 Å². The summed E-state index contributed by atoms with van der Waals surface area (Å²) in [5.74, 6) is 0.898. The quantitative estimate of drug-likeness (QED) is 0.116. The average Bonchev–Trinajstić information content (AvgIpc) is 3.29. The Morgan fingerprint density at radius 3 is 2.30 bits per heavy atom. The lowest BCUT2D eigenvalue weighted by Gasteiger charge is -2.14. The van der Waals surface area contributed by atoms with Gasteiger partial charge < -0.3 is 14.2 Å². The van der Waals surface area contributed by atoms with E-state index in [2.05, 4.69) is 43.5 Å². The van der Waals surface area contributed by atoms with Gasteiger partial charge in [0.2, 0.25) is 5.90 Å². The largest absolute Gasteiger partial charge is 0.493 e. The molecule has 1 heterocycles. The molecule has 0 N–H and O–H groups in total. The second kappa shape index (κ2) is 11.3. The highest BCUT2D eigenvalue weighted by Gasteiger charge is 2.24. The number of esters is 1. The molecule has 0 amide bonds. The summed E-state index contributed by atoms with van der Waals surface area (Å²) in [6, 6.07) is 29.6. The molecule has 0 atom stereocenters. The molecule has 0 bridgehead atoms. The van der Waals surface area contributed by atoms with Crippen LogP contribution in [0, 0.1) is 3.57 Å². The molecular formula is C30H21BrINO4. The molecule has 0 aliphatic carbocycles. The van der Waals surface area contributed by atoms with Gasteiger partial charge in [-0.05, 0) is 103 Å². The van der Waals surface area contributed by atoms with Crippen molar-refractivity contribution in [1.29, 1.82) is 0 Å². The average molecular weight is 666 g/mol. The van der Waals surface area contributed by atoms with Gasteiger partial charge >= 0.3 is 5.97 Å². The number of nitrogens with zero attached hydrogens (tertiary/aromatic N) is 1. The molecule has 7 heteroatoms. The fourth-order valence-corrected chi connectivity index (χ4v) is 4.76. The van der Waals surface area contributed by atoms with Crippen LogP contribution in [0.15, 0.2) is 106 Å². The number of rotatable bonds is 7. The van der Waals surface area contributed by atoms with Crippen LogP contribution >= 0.6 is 38.5 Å². The highest BCUT2D eigenvalue weighted by Crippen LogP contribution is 2.38. The third-order valence-electron chi connectivity index (χ3n) is 5.71. The zero-order chi connectivity index (χ0) is 25.8. The van der Waals surface area contributed by atoms with Crippen LogP contribution < -0.4 is 9.47 Å². The second-order valence-corrected chi connectivity index (χ2v) is 10.3. The number of ether oxygens (including phenoxy) is 3. The van der Waals surface area contributed by atoms with Crippen LogP contribution in [0.1, 0.15) is 16.7 Å². The van der Waals surface area contributed by atoms with Crippen LogP contribution in [-0.2, 0) is 16.1 Å². The fraction of sp³-hybridized carbons (Fsp3) is 0.0667. The first kappa shape index (κ1) is 25.2. The summed E-state index contributed by atoms with van der Waals surface area (Å²) in [4.78, 5) is 17.0. The van der Waals surface area contributed by atoms with Gasteiger partial charge in [0.15, 0.2) is 17.2 Å². The van der Waals surface area contributed by atoms with Gasteiger partial charge in [-0.3, -0.25) is 0 Å². The monoisotopic (exact) mass is 665 g/mol. The summed E-state index contributed by atoms with van der Waals surface area (Å²) in [6.07, 6.45) is 1.67. The van der Waals surface area contributed by atoms with Crippen molar-refractivity contribution in [3.8, 4) is 22.6 Å². The van der Waals surface area contributed by atoms with E-state index in [0.29, 0.717) is 22.6 Å². The van der Waals surface area contributed by atoms with E-state index in [9.17, 15) is 4.79 Å². The molecule has 1 aliphatic rings. The maximum Gasteiger partial charge on any atom is 0.363 e. The van der Waals surface area contributed by atoms with Gasteiger partial charge in [-0.25, -0.2) is 9.79 Å². The number of methoxy groups -OCH3 is 1. The molecule has 1 aliphatic heterocycles. The van der Waals surface area contributed by atoms with Gasteiger partial charge in [0.05, 0.1) is 11.6 Å². The van der Waals surface area contributed by atoms with Crippen LogP contribution in [0.3, 0.4) is 0 Å². The van der Waals surface area contributed by atoms with E-state index in [-0.39, 0.29) is 11.6 Å². The number of hydrogen-bond donors (Lipinski definition) is 0. The lowest BCUT2D eigenvalue weighted by molar-refractivity contribution is -0.129. The molecule has 0 fully saturated rings. The summed E-state index contributed by atoms with van der Waals surface area (Å²) >= 11 is 5.85. The van der Waals surface area contributed by atoms with Crippen LogP contribution in [0.5, 0.6) is 11.5 Å². The van der Waals surface area contributed by atoms with Crippen molar-refractivity contribution < 1.29 is 19.0 Å². The number of aliphatic imine (C=N–C) groups is 1. The molecular weight excluding hydrogens is 645 g/mol. The Kier molecular flexibility index (Phi) is 7.71. The van der Waals surface area contributed by atoms with E-state index in [0.717, 1.165) is 31.4 Å². The topological polar surface area (TPSA) is 57.1 Å². The van der Waals surface area contributed by atoms with Gasteiger partial charge in [0, 0.05) is 9.13 Å². The Labute approximate surface area is 237 Å². The normalized spacial score (nSPS) is 13.9. The zero-order valence-electron chi connectivity index (χ0n) is 19.8.